The number of hydrogen-bond donors (Lipinski definition) is 2. The summed E-state index contributed by atoms with van der Waals surface area (Å²) in [5.41, 5.74) is 8.75. The molecule has 0 aliphatic heterocycles. The third kappa shape index (κ3) is 3.84. The number of nitrogens with two attached hydrogens (primary N) is 1. The quantitative estimate of drug-likeness (QED) is 0.462. The van der Waals surface area contributed by atoms with Gasteiger partial charge in [0.2, 0.25) is 5.95 Å². The number of methoxy groups -OCH3 is 1. The van der Waals surface area contributed by atoms with Gasteiger partial charge in [-0.2, -0.15) is 4.98 Å². The Bertz CT molecular complexity index is 1250. The number of aromatic nitrogens is 4. The van der Waals surface area contributed by atoms with E-state index in [2.05, 4.69) is 15.4 Å². The molecule has 0 amide bonds. The molecule has 1 fully saturated rings. The molecular formula is C24H25FN6O. The van der Waals surface area contributed by atoms with Gasteiger partial charge in [-0.3, -0.25) is 0 Å². The highest BCUT2D eigenvalue weighted by Crippen LogP contribution is 2.35. The van der Waals surface area contributed by atoms with Crippen molar-refractivity contribution in [3.63, 3.8) is 0 Å². The van der Waals surface area contributed by atoms with Crippen LogP contribution in [-0.4, -0.2) is 32.9 Å². The Kier molecular flexibility index (Phi) is 5.34. The molecule has 1 saturated carbocycles. The summed E-state index contributed by atoms with van der Waals surface area (Å²) < 4.78 is 21.9. The molecule has 7 nitrogen and oxygen atoms in total. The monoisotopic (exact) mass is 432 g/mol. The third-order valence-electron chi connectivity index (χ3n) is 5.93. The molecule has 0 bridgehead atoms. The fourth-order valence-corrected chi connectivity index (χ4v) is 4.26. The van der Waals surface area contributed by atoms with E-state index in [1.807, 2.05) is 30.3 Å². The molecule has 1 aliphatic rings. The molecule has 0 saturated heterocycles. The minimum Gasteiger partial charge on any atom is -0.497 e. The second-order valence-corrected chi connectivity index (χ2v) is 8.09. The molecule has 2 heterocycles. The number of halogens is 1. The Labute approximate surface area is 185 Å². The van der Waals surface area contributed by atoms with Crippen LogP contribution >= 0.6 is 0 Å². The number of fused-ring (bicyclic) bond motifs is 1. The van der Waals surface area contributed by atoms with E-state index < -0.39 is 5.82 Å². The summed E-state index contributed by atoms with van der Waals surface area (Å²) in [5, 5.41) is 8.59. The van der Waals surface area contributed by atoms with Crippen molar-refractivity contribution in [3.05, 3.63) is 59.9 Å². The molecule has 0 spiro atoms. The van der Waals surface area contributed by atoms with Crippen LogP contribution in [0.3, 0.4) is 0 Å². The predicted octanol–water partition coefficient (Wildman–Crippen LogP) is 4.63. The molecule has 32 heavy (non-hydrogen) atoms. The first-order chi connectivity index (χ1) is 15.6. The maximum Gasteiger partial charge on any atom is 0.225 e. The SMILES string of the molecule is COc1ccc(-c2nc(NC3CCCC3)nc3nn(Cc4ccccc4)c(N)c23)c(F)c1. The van der Waals surface area contributed by atoms with Crippen molar-refractivity contribution < 1.29 is 9.13 Å². The van der Waals surface area contributed by atoms with E-state index in [9.17, 15) is 0 Å². The molecule has 164 valence electrons. The van der Waals surface area contributed by atoms with E-state index in [0.29, 0.717) is 52.4 Å². The van der Waals surface area contributed by atoms with Gasteiger partial charge in [-0.25, -0.2) is 14.1 Å². The van der Waals surface area contributed by atoms with Crippen molar-refractivity contribution in [2.24, 2.45) is 0 Å². The minimum absolute atomic E-state index is 0.310. The summed E-state index contributed by atoms with van der Waals surface area (Å²) in [6.07, 6.45) is 4.49. The Morgan fingerprint density at radius 3 is 2.62 bits per heavy atom. The van der Waals surface area contributed by atoms with E-state index in [1.54, 1.807) is 16.8 Å². The van der Waals surface area contributed by atoms with Gasteiger partial charge < -0.3 is 15.8 Å². The highest BCUT2D eigenvalue weighted by atomic mass is 19.1. The standard InChI is InChI=1S/C24H25FN6O/c1-32-17-11-12-18(19(25)13-17)21-20-22(26)31(14-15-7-3-2-4-8-15)30-23(20)29-24(28-21)27-16-9-5-6-10-16/h2-4,7-8,11-13,16H,5-6,9-10,14,26H2,1H3,(H,27,29,30). The summed E-state index contributed by atoms with van der Waals surface area (Å²) in [4.78, 5) is 9.33. The topological polar surface area (TPSA) is 90.9 Å². The minimum atomic E-state index is -0.439. The van der Waals surface area contributed by atoms with Crippen molar-refractivity contribution in [2.75, 3.05) is 18.2 Å². The predicted molar refractivity (Wildman–Crippen MR) is 123 cm³/mol. The first kappa shape index (κ1) is 20.2. The number of nitrogens with zero attached hydrogens (tertiary/aromatic N) is 4. The van der Waals surface area contributed by atoms with Crippen LogP contribution in [0.15, 0.2) is 48.5 Å². The van der Waals surface area contributed by atoms with E-state index in [4.69, 9.17) is 15.5 Å². The Balaban J connectivity index is 1.64. The highest BCUT2D eigenvalue weighted by molar-refractivity contribution is 5.99. The molecule has 8 heteroatoms. The van der Waals surface area contributed by atoms with Crippen molar-refractivity contribution in [2.45, 2.75) is 38.3 Å². The number of nitrogen functional groups attached to an aromatic ring is 1. The van der Waals surface area contributed by atoms with Crippen LogP contribution in [0.25, 0.3) is 22.3 Å². The molecule has 4 aromatic rings. The number of nitrogens with one attached hydrogen (secondary N) is 1. The Morgan fingerprint density at radius 1 is 1.12 bits per heavy atom. The molecule has 3 N–H and O–H groups in total. The van der Waals surface area contributed by atoms with Crippen molar-refractivity contribution in [1.29, 1.82) is 0 Å². The summed E-state index contributed by atoms with van der Waals surface area (Å²) >= 11 is 0. The van der Waals surface area contributed by atoms with Crippen LogP contribution in [0.1, 0.15) is 31.2 Å². The number of hydrogen-bond acceptors (Lipinski definition) is 6. The molecule has 2 aromatic heterocycles. The lowest BCUT2D eigenvalue weighted by Gasteiger charge is -2.13. The fourth-order valence-electron chi connectivity index (χ4n) is 4.26. The second-order valence-electron chi connectivity index (χ2n) is 8.09. The Morgan fingerprint density at radius 2 is 1.91 bits per heavy atom. The highest BCUT2D eigenvalue weighted by Gasteiger charge is 2.23. The molecule has 0 radical (unpaired) electrons. The third-order valence-corrected chi connectivity index (χ3v) is 5.93. The van der Waals surface area contributed by atoms with Gasteiger partial charge >= 0.3 is 0 Å². The summed E-state index contributed by atoms with van der Waals surface area (Å²) in [7, 11) is 1.51. The average Bonchev–Trinajstić information content (AvgIpc) is 3.42. The maximum atomic E-state index is 15.0. The number of anilines is 2. The van der Waals surface area contributed by atoms with Gasteiger partial charge in [0.15, 0.2) is 5.65 Å². The molecular weight excluding hydrogens is 407 g/mol. The van der Waals surface area contributed by atoms with Crippen molar-refractivity contribution in [3.8, 4) is 17.0 Å². The first-order valence-electron chi connectivity index (χ1n) is 10.8. The van der Waals surface area contributed by atoms with E-state index in [-0.39, 0.29) is 0 Å². The molecule has 1 aliphatic carbocycles. The van der Waals surface area contributed by atoms with Crippen LogP contribution in [-0.2, 0) is 6.54 Å². The average molecular weight is 433 g/mol. The second kappa shape index (κ2) is 8.45. The zero-order chi connectivity index (χ0) is 22.1. The maximum absolute atomic E-state index is 15.0. The lowest BCUT2D eigenvalue weighted by molar-refractivity contribution is 0.411. The van der Waals surface area contributed by atoms with Gasteiger partial charge in [0, 0.05) is 17.7 Å². The van der Waals surface area contributed by atoms with Gasteiger partial charge in [-0.15, -0.1) is 5.10 Å². The summed E-state index contributed by atoms with van der Waals surface area (Å²) in [6, 6.07) is 14.9. The zero-order valence-electron chi connectivity index (χ0n) is 17.9. The summed E-state index contributed by atoms with van der Waals surface area (Å²) in [5.74, 6) is 0.848. The summed E-state index contributed by atoms with van der Waals surface area (Å²) in [6.45, 7) is 0.485. The number of rotatable bonds is 6. The Hall–Kier alpha value is -3.68. The van der Waals surface area contributed by atoms with Gasteiger partial charge in [0.05, 0.1) is 24.7 Å². The van der Waals surface area contributed by atoms with E-state index in [0.717, 1.165) is 18.4 Å². The van der Waals surface area contributed by atoms with Crippen LogP contribution in [0.4, 0.5) is 16.2 Å². The lowest BCUT2D eigenvalue weighted by Crippen LogP contribution is -2.17. The lowest BCUT2D eigenvalue weighted by atomic mass is 10.1. The number of ether oxygens (including phenoxy) is 1. The molecule has 5 rings (SSSR count). The molecule has 0 unspecified atom stereocenters. The van der Waals surface area contributed by atoms with Crippen LogP contribution in [0.5, 0.6) is 5.75 Å². The molecule has 2 aromatic carbocycles. The molecule has 0 atom stereocenters. The van der Waals surface area contributed by atoms with Crippen LogP contribution < -0.4 is 15.8 Å². The van der Waals surface area contributed by atoms with Gasteiger partial charge in [-0.05, 0) is 30.5 Å². The van der Waals surface area contributed by atoms with Gasteiger partial charge in [-0.1, -0.05) is 43.2 Å². The zero-order valence-corrected chi connectivity index (χ0v) is 17.9. The van der Waals surface area contributed by atoms with Gasteiger partial charge in [0.25, 0.3) is 0 Å². The van der Waals surface area contributed by atoms with Crippen molar-refractivity contribution >= 4 is 22.8 Å². The first-order valence-corrected chi connectivity index (χ1v) is 10.8. The smallest absolute Gasteiger partial charge is 0.225 e. The number of benzene rings is 2. The van der Waals surface area contributed by atoms with Crippen molar-refractivity contribution in [1.82, 2.24) is 19.7 Å². The van der Waals surface area contributed by atoms with E-state index in [1.165, 1.54) is 26.0 Å². The fraction of sp³-hybridized carbons (Fsp3) is 0.292. The normalized spacial score (nSPS) is 14.2. The van der Waals surface area contributed by atoms with Crippen LogP contribution in [0, 0.1) is 5.82 Å². The largest absolute Gasteiger partial charge is 0.497 e. The van der Waals surface area contributed by atoms with E-state index >= 15 is 4.39 Å². The van der Waals surface area contributed by atoms with Crippen LogP contribution in [0.2, 0.25) is 0 Å². The van der Waals surface area contributed by atoms with Gasteiger partial charge in [0.1, 0.15) is 17.4 Å².